The van der Waals surface area contributed by atoms with Crippen LogP contribution in [0.3, 0.4) is 0 Å². The third-order valence-corrected chi connectivity index (χ3v) is 4.32. The third kappa shape index (κ3) is 2.44. The van der Waals surface area contributed by atoms with E-state index in [1.165, 1.54) is 12.1 Å². The summed E-state index contributed by atoms with van der Waals surface area (Å²) in [5.41, 5.74) is -1.14. The van der Waals surface area contributed by atoms with Crippen LogP contribution in [-0.2, 0) is 17.5 Å². The Morgan fingerprint density at radius 1 is 1.23 bits per heavy atom. The zero-order valence-electron chi connectivity index (χ0n) is 11.9. The van der Waals surface area contributed by atoms with E-state index in [4.69, 9.17) is 0 Å². The number of carbonyl (C=O) groups is 2. The molecule has 3 rings (SSSR count). The molecule has 1 aromatic carbocycles. The molecule has 7 heteroatoms. The second-order valence-electron chi connectivity index (χ2n) is 5.99. The second-order valence-corrected chi connectivity index (χ2v) is 5.99. The Bertz CT molecular complexity index is 623. The van der Waals surface area contributed by atoms with Gasteiger partial charge in [0.15, 0.2) is 0 Å². The van der Waals surface area contributed by atoms with E-state index in [2.05, 4.69) is 5.32 Å². The molecule has 2 aliphatic rings. The average molecular weight is 312 g/mol. The summed E-state index contributed by atoms with van der Waals surface area (Å²) in [5.74, 6) is -0.151. The van der Waals surface area contributed by atoms with E-state index in [0.717, 1.165) is 29.9 Å². The molecule has 0 aromatic heterocycles. The van der Waals surface area contributed by atoms with Crippen molar-refractivity contribution >= 4 is 11.9 Å². The summed E-state index contributed by atoms with van der Waals surface area (Å²) in [6, 6.07) is 3.99. The first-order valence-electron chi connectivity index (χ1n) is 7.02. The molecule has 0 bridgehead atoms. The first-order valence-corrected chi connectivity index (χ1v) is 7.02. The number of carbonyl (C=O) groups excluding carboxylic acids is 2. The summed E-state index contributed by atoms with van der Waals surface area (Å²) in [4.78, 5) is 25.5. The van der Waals surface area contributed by atoms with Crippen LogP contribution >= 0.6 is 0 Å². The number of hydrogen-bond donors (Lipinski definition) is 1. The number of rotatable bonds is 3. The molecule has 1 aliphatic carbocycles. The Labute approximate surface area is 125 Å². The minimum Gasteiger partial charge on any atom is -0.323 e. The lowest BCUT2D eigenvalue weighted by Gasteiger charge is -2.21. The Hall–Kier alpha value is -2.05. The van der Waals surface area contributed by atoms with Crippen LogP contribution in [-0.4, -0.2) is 22.4 Å². The fourth-order valence-electron chi connectivity index (χ4n) is 2.78. The van der Waals surface area contributed by atoms with Gasteiger partial charge in [0, 0.05) is 0 Å². The van der Waals surface area contributed by atoms with E-state index in [1.807, 2.05) is 0 Å². The van der Waals surface area contributed by atoms with E-state index < -0.39 is 23.3 Å². The molecule has 118 valence electrons. The van der Waals surface area contributed by atoms with Gasteiger partial charge in [0.2, 0.25) is 0 Å². The Balaban J connectivity index is 1.76. The SMILES string of the molecule is CC1(C2CC2)NC(=O)N(Cc2ccc(C(F)(F)F)cc2)C1=O. The standard InChI is InChI=1S/C15H15F3N2O2/c1-14(10-6-7-10)12(21)20(13(22)19-14)8-9-2-4-11(5-3-9)15(16,17)18/h2-5,10H,6-8H2,1H3,(H,19,22). The molecule has 0 radical (unpaired) electrons. The smallest absolute Gasteiger partial charge is 0.323 e. The molecule has 0 spiro atoms. The second kappa shape index (κ2) is 4.72. The average Bonchev–Trinajstić information content (AvgIpc) is 3.25. The van der Waals surface area contributed by atoms with Gasteiger partial charge in [-0.2, -0.15) is 13.2 Å². The van der Waals surface area contributed by atoms with Gasteiger partial charge >= 0.3 is 12.2 Å². The minimum absolute atomic E-state index is 0.0227. The normalized spacial score (nSPS) is 25.5. The maximum Gasteiger partial charge on any atom is 0.416 e. The van der Waals surface area contributed by atoms with Gasteiger partial charge in [0.05, 0.1) is 12.1 Å². The van der Waals surface area contributed by atoms with Crippen molar-refractivity contribution in [3.8, 4) is 0 Å². The summed E-state index contributed by atoms with van der Waals surface area (Å²) in [6.45, 7) is 1.68. The van der Waals surface area contributed by atoms with Crippen LogP contribution in [0.4, 0.5) is 18.0 Å². The van der Waals surface area contributed by atoms with Crippen LogP contribution in [0.2, 0.25) is 0 Å². The van der Waals surface area contributed by atoms with Crippen LogP contribution in [0.1, 0.15) is 30.9 Å². The number of nitrogens with one attached hydrogen (secondary N) is 1. The van der Waals surface area contributed by atoms with Gasteiger partial charge < -0.3 is 5.32 Å². The predicted molar refractivity (Wildman–Crippen MR) is 71.7 cm³/mol. The monoisotopic (exact) mass is 312 g/mol. The van der Waals surface area contributed by atoms with Crippen LogP contribution in [0.25, 0.3) is 0 Å². The van der Waals surface area contributed by atoms with Crippen LogP contribution in [0, 0.1) is 5.92 Å². The highest BCUT2D eigenvalue weighted by atomic mass is 19.4. The topological polar surface area (TPSA) is 49.4 Å². The van der Waals surface area contributed by atoms with E-state index >= 15 is 0 Å². The van der Waals surface area contributed by atoms with Gasteiger partial charge in [-0.3, -0.25) is 9.69 Å². The van der Waals surface area contributed by atoms with Gasteiger partial charge in [0.1, 0.15) is 5.54 Å². The fraction of sp³-hybridized carbons (Fsp3) is 0.467. The molecule has 22 heavy (non-hydrogen) atoms. The molecule has 3 amide bonds. The first kappa shape index (κ1) is 14.9. The maximum absolute atomic E-state index is 12.5. The van der Waals surface area contributed by atoms with Crippen molar-refractivity contribution in [2.45, 2.75) is 38.0 Å². The molecule has 1 atom stereocenters. The van der Waals surface area contributed by atoms with E-state index in [9.17, 15) is 22.8 Å². The number of nitrogens with zero attached hydrogens (tertiary/aromatic N) is 1. The van der Waals surface area contributed by atoms with E-state index in [1.54, 1.807) is 6.92 Å². The number of amides is 3. The third-order valence-electron chi connectivity index (χ3n) is 4.32. The zero-order valence-corrected chi connectivity index (χ0v) is 11.9. The molecule has 1 saturated carbocycles. The highest BCUT2D eigenvalue weighted by Gasteiger charge is 2.55. The molecule has 1 N–H and O–H groups in total. The Morgan fingerprint density at radius 3 is 2.32 bits per heavy atom. The zero-order chi connectivity index (χ0) is 16.1. The fourth-order valence-corrected chi connectivity index (χ4v) is 2.78. The number of hydrogen-bond acceptors (Lipinski definition) is 2. The highest BCUT2D eigenvalue weighted by molar-refractivity contribution is 6.07. The molecule has 1 heterocycles. The van der Waals surface area contributed by atoms with E-state index in [0.29, 0.717) is 5.56 Å². The van der Waals surface area contributed by atoms with Crippen molar-refractivity contribution in [3.63, 3.8) is 0 Å². The molecular formula is C15H15F3N2O2. The number of halogens is 3. The van der Waals surface area contributed by atoms with Crippen molar-refractivity contribution in [3.05, 3.63) is 35.4 Å². The van der Waals surface area contributed by atoms with Gasteiger partial charge in [-0.1, -0.05) is 12.1 Å². The molecule has 1 saturated heterocycles. The van der Waals surface area contributed by atoms with Crippen LogP contribution in [0.5, 0.6) is 0 Å². The number of imide groups is 1. The summed E-state index contributed by atoms with van der Waals surface area (Å²) in [5, 5.41) is 2.71. The lowest BCUT2D eigenvalue weighted by molar-refractivity contribution is -0.137. The van der Waals surface area contributed by atoms with Crippen molar-refractivity contribution in [2.24, 2.45) is 5.92 Å². The largest absolute Gasteiger partial charge is 0.416 e. The molecule has 4 nitrogen and oxygen atoms in total. The number of alkyl halides is 3. The van der Waals surface area contributed by atoms with Gasteiger partial charge in [-0.25, -0.2) is 4.79 Å². The first-order chi connectivity index (χ1) is 10.2. The Morgan fingerprint density at radius 2 is 1.82 bits per heavy atom. The predicted octanol–water partition coefficient (Wildman–Crippen LogP) is 2.93. The molecule has 1 aliphatic heterocycles. The Kier molecular flexibility index (Phi) is 3.19. The number of urea groups is 1. The lowest BCUT2D eigenvalue weighted by Crippen LogP contribution is -2.46. The molecule has 1 unspecified atom stereocenters. The van der Waals surface area contributed by atoms with Gasteiger partial charge in [-0.15, -0.1) is 0 Å². The van der Waals surface area contributed by atoms with Crippen molar-refractivity contribution in [1.82, 2.24) is 10.2 Å². The highest BCUT2D eigenvalue weighted by Crippen LogP contribution is 2.42. The quantitative estimate of drug-likeness (QED) is 0.873. The van der Waals surface area contributed by atoms with Crippen LogP contribution < -0.4 is 5.32 Å². The summed E-state index contributed by atoms with van der Waals surface area (Å²) in [7, 11) is 0. The summed E-state index contributed by atoms with van der Waals surface area (Å²) in [6.07, 6.45) is -2.60. The minimum atomic E-state index is -4.40. The lowest BCUT2D eigenvalue weighted by atomic mass is 9.96. The van der Waals surface area contributed by atoms with Gasteiger partial charge in [-0.05, 0) is 43.4 Å². The number of benzene rings is 1. The molecule has 2 fully saturated rings. The molecule has 1 aromatic rings. The van der Waals surface area contributed by atoms with Crippen molar-refractivity contribution in [1.29, 1.82) is 0 Å². The van der Waals surface area contributed by atoms with Crippen molar-refractivity contribution in [2.75, 3.05) is 0 Å². The molecular weight excluding hydrogens is 297 g/mol. The summed E-state index contributed by atoms with van der Waals surface area (Å²) < 4.78 is 37.6. The van der Waals surface area contributed by atoms with Crippen molar-refractivity contribution < 1.29 is 22.8 Å². The maximum atomic E-state index is 12.5. The summed E-state index contributed by atoms with van der Waals surface area (Å²) >= 11 is 0. The van der Waals surface area contributed by atoms with E-state index in [-0.39, 0.29) is 18.4 Å². The van der Waals surface area contributed by atoms with Gasteiger partial charge in [0.25, 0.3) is 5.91 Å². The van der Waals surface area contributed by atoms with Crippen LogP contribution in [0.15, 0.2) is 24.3 Å².